The summed E-state index contributed by atoms with van der Waals surface area (Å²) in [6.07, 6.45) is 4.90. The summed E-state index contributed by atoms with van der Waals surface area (Å²) in [5.41, 5.74) is 0.957. The molecule has 0 aliphatic heterocycles. The average Bonchev–Trinajstić information content (AvgIpc) is 2.54. The van der Waals surface area contributed by atoms with Gasteiger partial charge < -0.3 is 24.3 Å². The Morgan fingerprint density at radius 1 is 0.905 bits per heavy atom. The lowest BCUT2D eigenvalue weighted by Gasteiger charge is -2.32. The highest BCUT2D eigenvalue weighted by atomic mass is 16.5. The molecule has 5 nitrogen and oxygen atoms in total. The third-order valence-electron chi connectivity index (χ3n) is 4.02. The van der Waals surface area contributed by atoms with Crippen LogP contribution in [0, 0.1) is 0 Å². The molecule has 2 unspecified atom stereocenters. The number of hydrogen-bond acceptors (Lipinski definition) is 5. The van der Waals surface area contributed by atoms with E-state index in [1.165, 1.54) is 12.8 Å². The Morgan fingerprint density at radius 3 is 2.05 bits per heavy atom. The van der Waals surface area contributed by atoms with Crippen molar-refractivity contribution in [1.82, 2.24) is 0 Å². The SMILES string of the molecule is COc1cc(NC2CCCCC2OC)cc(OC)c1OC. The number of hydrogen-bond donors (Lipinski definition) is 1. The first-order valence-corrected chi connectivity index (χ1v) is 7.32. The molecule has 21 heavy (non-hydrogen) atoms. The number of nitrogens with one attached hydrogen (secondary N) is 1. The predicted octanol–water partition coefficient (Wildman–Crippen LogP) is 3.08. The highest BCUT2D eigenvalue weighted by Gasteiger charge is 2.25. The fourth-order valence-corrected chi connectivity index (χ4v) is 2.92. The van der Waals surface area contributed by atoms with Crippen molar-refractivity contribution in [3.8, 4) is 17.2 Å². The fourth-order valence-electron chi connectivity index (χ4n) is 2.92. The molecule has 0 aromatic heterocycles. The smallest absolute Gasteiger partial charge is 0.203 e. The molecule has 1 aliphatic carbocycles. The molecule has 0 radical (unpaired) electrons. The lowest BCUT2D eigenvalue weighted by atomic mass is 9.92. The van der Waals surface area contributed by atoms with E-state index in [4.69, 9.17) is 18.9 Å². The lowest BCUT2D eigenvalue weighted by molar-refractivity contribution is 0.0606. The van der Waals surface area contributed by atoms with Crippen LogP contribution in [0.2, 0.25) is 0 Å². The second kappa shape index (κ2) is 7.41. The van der Waals surface area contributed by atoms with E-state index in [0.29, 0.717) is 23.3 Å². The first-order chi connectivity index (χ1) is 10.2. The van der Waals surface area contributed by atoms with Crippen LogP contribution in [0.25, 0.3) is 0 Å². The van der Waals surface area contributed by atoms with Gasteiger partial charge in [0.25, 0.3) is 0 Å². The quantitative estimate of drug-likeness (QED) is 0.874. The summed E-state index contributed by atoms with van der Waals surface area (Å²) in [6, 6.07) is 4.18. The molecule has 1 aromatic rings. The van der Waals surface area contributed by atoms with Crippen LogP contribution < -0.4 is 19.5 Å². The molecule has 1 saturated carbocycles. The monoisotopic (exact) mass is 295 g/mol. The maximum Gasteiger partial charge on any atom is 0.203 e. The Balaban J connectivity index is 2.23. The summed E-state index contributed by atoms with van der Waals surface area (Å²) in [5, 5.41) is 3.54. The van der Waals surface area contributed by atoms with E-state index in [2.05, 4.69) is 5.32 Å². The van der Waals surface area contributed by atoms with Crippen LogP contribution in [0.3, 0.4) is 0 Å². The topological polar surface area (TPSA) is 49.0 Å². The molecule has 118 valence electrons. The van der Waals surface area contributed by atoms with Gasteiger partial charge in [0.1, 0.15) is 0 Å². The number of methoxy groups -OCH3 is 4. The van der Waals surface area contributed by atoms with E-state index in [9.17, 15) is 0 Å². The van der Waals surface area contributed by atoms with Crippen LogP contribution in [0.15, 0.2) is 12.1 Å². The van der Waals surface area contributed by atoms with E-state index >= 15 is 0 Å². The van der Waals surface area contributed by atoms with Crippen molar-refractivity contribution < 1.29 is 18.9 Å². The Morgan fingerprint density at radius 2 is 1.52 bits per heavy atom. The summed E-state index contributed by atoms with van der Waals surface area (Å²) in [7, 11) is 6.63. The number of rotatable bonds is 6. The second-order valence-electron chi connectivity index (χ2n) is 5.22. The van der Waals surface area contributed by atoms with Gasteiger partial charge in [0.15, 0.2) is 11.5 Å². The molecule has 2 rings (SSSR count). The van der Waals surface area contributed by atoms with Crippen LogP contribution in [0.4, 0.5) is 5.69 Å². The van der Waals surface area contributed by atoms with Crippen LogP contribution in [0.1, 0.15) is 25.7 Å². The molecule has 0 spiro atoms. The van der Waals surface area contributed by atoms with Crippen LogP contribution in [-0.4, -0.2) is 40.6 Å². The number of benzene rings is 1. The van der Waals surface area contributed by atoms with Gasteiger partial charge in [0, 0.05) is 24.9 Å². The van der Waals surface area contributed by atoms with Crippen molar-refractivity contribution in [2.24, 2.45) is 0 Å². The fraction of sp³-hybridized carbons (Fsp3) is 0.625. The molecule has 2 atom stereocenters. The predicted molar refractivity (Wildman–Crippen MR) is 82.8 cm³/mol. The van der Waals surface area contributed by atoms with Crippen molar-refractivity contribution in [3.63, 3.8) is 0 Å². The molecular formula is C16H25NO4. The van der Waals surface area contributed by atoms with Gasteiger partial charge in [-0.1, -0.05) is 12.8 Å². The van der Waals surface area contributed by atoms with Crippen molar-refractivity contribution in [2.45, 2.75) is 37.8 Å². The third kappa shape index (κ3) is 3.53. The van der Waals surface area contributed by atoms with Gasteiger partial charge in [-0.05, 0) is 12.8 Å². The number of ether oxygens (including phenoxy) is 4. The third-order valence-corrected chi connectivity index (χ3v) is 4.02. The van der Waals surface area contributed by atoms with E-state index in [1.54, 1.807) is 28.4 Å². The van der Waals surface area contributed by atoms with Gasteiger partial charge in [-0.3, -0.25) is 0 Å². The molecule has 0 saturated heterocycles. The highest BCUT2D eigenvalue weighted by molar-refractivity contribution is 5.62. The van der Waals surface area contributed by atoms with E-state index < -0.39 is 0 Å². The minimum Gasteiger partial charge on any atom is -0.493 e. The summed E-state index contributed by atoms with van der Waals surface area (Å²) in [6.45, 7) is 0. The molecule has 0 bridgehead atoms. The largest absolute Gasteiger partial charge is 0.493 e. The van der Waals surface area contributed by atoms with Crippen LogP contribution in [0.5, 0.6) is 17.2 Å². The zero-order valence-electron chi connectivity index (χ0n) is 13.3. The molecule has 0 amide bonds. The van der Waals surface area contributed by atoms with Crippen molar-refractivity contribution in [3.05, 3.63) is 12.1 Å². The molecule has 1 aliphatic rings. The summed E-state index contributed by atoms with van der Waals surface area (Å²) in [5.74, 6) is 1.92. The maximum atomic E-state index is 5.58. The lowest BCUT2D eigenvalue weighted by Crippen LogP contribution is -2.37. The van der Waals surface area contributed by atoms with E-state index in [1.807, 2.05) is 12.1 Å². The van der Waals surface area contributed by atoms with Gasteiger partial charge in [0.2, 0.25) is 5.75 Å². The standard InChI is InChI=1S/C16H25NO4/c1-18-13-8-6-5-7-12(13)17-11-9-14(19-2)16(21-4)15(10-11)20-3/h9-10,12-13,17H,5-8H2,1-4H3. The molecule has 1 N–H and O–H groups in total. The van der Waals surface area contributed by atoms with Crippen molar-refractivity contribution >= 4 is 5.69 Å². The normalized spacial score (nSPS) is 21.7. The van der Waals surface area contributed by atoms with Gasteiger partial charge in [-0.15, -0.1) is 0 Å². The summed E-state index contributed by atoms with van der Waals surface area (Å²) < 4.78 is 21.7. The Bertz CT molecular complexity index is 439. The first kappa shape index (κ1) is 15.8. The minimum absolute atomic E-state index is 0.248. The zero-order valence-corrected chi connectivity index (χ0v) is 13.3. The van der Waals surface area contributed by atoms with Crippen LogP contribution in [-0.2, 0) is 4.74 Å². The molecule has 1 fully saturated rings. The van der Waals surface area contributed by atoms with Gasteiger partial charge in [0.05, 0.1) is 33.5 Å². The second-order valence-corrected chi connectivity index (χ2v) is 5.22. The highest BCUT2D eigenvalue weighted by Crippen LogP contribution is 2.40. The first-order valence-electron chi connectivity index (χ1n) is 7.32. The van der Waals surface area contributed by atoms with E-state index in [0.717, 1.165) is 18.5 Å². The van der Waals surface area contributed by atoms with Crippen LogP contribution >= 0.6 is 0 Å². The van der Waals surface area contributed by atoms with Crippen molar-refractivity contribution in [2.75, 3.05) is 33.8 Å². The maximum absolute atomic E-state index is 5.58. The number of anilines is 1. The molecule has 0 heterocycles. The molecular weight excluding hydrogens is 270 g/mol. The summed E-state index contributed by atoms with van der Waals surface area (Å²) >= 11 is 0. The Hall–Kier alpha value is -1.62. The molecule has 1 aromatic carbocycles. The summed E-state index contributed by atoms with van der Waals surface area (Å²) in [4.78, 5) is 0. The van der Waals surface area contributed by atoms with Crippen molar-refractivity contribution in [1.29, 1.82) is 0 Å². The average molecular weight is 295 g/mol. The molecule has 5 heteroatoms. The van der Waals surface area contributed by atoms with Gasteiger partial charge in [-0.2, -0.15) is 0 Å². The zero-order chi connectivity index (χ0) is 15.2. The van der Waals surface area contributed by atoms with Gasteiger partial charge >= 0.3 is 0 Å². The van der Waals surface area contributed by atoms with Gasteiger partial charge in [-0.25, -0.2) is 0 Å². The Kier molecular flexibility index (Phi) is 5.56. The minimum atomic E-state index is 0.248. The Labute approximate surface area is 126 Å². The van der Waals surface area contributed by atoms with E-state index in [-0.39, 0.29) is 6.10 Å².